The fourth-order valence-corrected chi connectivity index (χ4v) is 5.74. The molecule has 1 saturated heterocycles. The highest BCUT2D eigenvalue weighted by atomic mass is 35.5. The van der Waals surface area contributed by atoms with E-state index in [9.17, 15) is 14.7 Å². The fraction of sp³-hybridized carbons (Fsp3) is 0.200. The van der Waals surface area contributed by atoms with Crippen molar-refractivity contribution >= 4 is 40.3 Å². The van der Waals surface area contributed by atoms with Crippen LogP contribution in [0.25, 0.3) is 22.3 Å². The van der Waals surface area contributed by atoms with E-state index in [1.807, 2.05) is 4.57 Å². The van der Waals surface area contributed by atoms with Crippen LogP contribution in [0.4, 0.5) is 14.6 Å². The number of anilines is 1. The van der Waals surface area contributed by atoms with Gasteiger partial charge in [0.05, 0.1) is 46.2 Å². The Morgan fingerprint density at radius 1 is 1.08 bits per heavy atom. The Morgan fingerprint density at radius 3 is 2.64 bits per heavy atom. The average Bonchev–Trinajstić information content (AvgIpc) is 3.64. The number of rotatable bonds is 11. The van der Waals surface area contributed by atoms with Gasteiger partial charge in [0.2, 0.25) is 5.88 Å². The van der Waals surface area contributed by atoms with Crippen molar-refractivity contribution in [3.63, 3.8) is 0 Å². The normalized spacial score (nSPS) is 14.0. The number of carboxylic acids is 1. The molecule has 0 saturated carbocycles. The summed E-state index contributed by atoms with van der Waals surface area (Å²) in [5.41, 5.74) is 1.94. The highest BCUT2D eigenvalue weighted by molar-refractivity contribution is 6.31. The van der Waals surface area contributed by atoms with Crippen LogP contribution in [0, 0.1) is 11.6 Å². The maximum absolute atomic E-state index is 15.6. The van der Waals surface area contributed by atoms with E-state index in [1.54, 1.807) is 37.5 Å². The largest absolute Gasteiger partial charge is 0.478 e. The van der Waals surface area contributed by atoms with Gasteiger partial charge in [-0.3, -0.25) is 14.5 Å². The van der Waals surface area contributed by atoms with Gasteiger partial charge < -0.3 is 24.5 Å². The summed E-state index contributed by atoms with van der Waals surface area (Å²) in [5.74, 6) is -1.83. The summed E-state index contributed by atoms with van der Waals surface area (Å²) >= 11 is 6.41. The topological polar surface area (TPSA) is 146 Å². The van der Waals surface area contributed by atoms with Gasteiger partial charge in [0.25, 0.3) is 5.91 Å². The Kier molecular flexibility index (Phi) is 8.95. The number of aromatic carboxylic acids is 1. The van der Waals surface area contributed by atoms with Crippen LogP contribution in [-0.4, -0.2) is 59.0 Å². The summed E-state index contributed by atoms with van der Waals surface area (Å²) in [6.45, 7) is 0.976. The summed E-state index contributed by atoms with van der Waals surface area (Å²) in [5, 5.41) is 16.4. The number of carbonyl (C=O) groups is 2. The molecule has 6 aromatic rings. The van der Waals surface area contributed by atoms with Crippen LogP contribution in [0.1, 0.15) is 44.2 Å². The lowest BCUT2D eigenvalue weighted by Gasteiger charge is -2.27. The lowest BCUT2D eigenvalue weighted by atomic mass is 10.0. The molecule has 1 fully saturated rings. The zero-order chi connectivity index (χ0) is 34.9. The molecule has 0 unspecified atom stereocenters. The number of pyridine rings is 2. The number of nitrogens with one attached hydrogen (secondary N) is 1. The minimum Gasteiger partial charge on any atom is -0.478 e. The van der Waals surface area contributed by atoms with Gasteiger partial charge in [-0.05, 0) is 54.4 Å². The molecule has 5 heterocycles. The van der Waals surface area contributed by atoms with Crippen molar-refractivity contribution in [1.82, 2.24) is 29.3 Å². The Hall–Kier alpha value is -5.73. The molecule has 2 aromatic carbocycles. The molecular weight excluding hydrogens is 672 g/mol. The number of aryl methyl sites for hydroxylation is 1. The summed E-state index contributed by atoms with van der Waals surface area (Å²) in [6, 6.07) is 14.5. The number of carboxylic acid groups (broad SMARTS) is 1. The number of hydrogen-bond acceptors (Lipinski definition) is 8. The maximum atomic E-state index is 15.6. The van der Waals surface area contributed by atoms with Gasteiger partial charge >= 0.3 is 5.97 Å². The molecule has 0 spiro atoms. The number of nitrogens with zero attached hydrogens (tertiary/aromatic N) is 6. The van der Waals surface area contributed by atoms with Crippen molar-refractivity contribution in [3.8, 4) is 17.1 Å². The van der Waals surface area contributed by atoms with Crippen LogP contribution in [0.2, 0.25) is 5.02 Å². The van der Waals surface area contributed by atoms with Crippen LogP contribution >= 0.6 is 11.6 Å². The second-order valence-electron chi connectivity index (χ2n) is 11.6. The van der Waals surface area contributed by atoms with Crippen molar-refractivity contribution in [2.24, 2.45) is 7.05 Å². The second-order valence-corrected chi connectivity index (χ2v) is 12.0. The first kappa shape index (κ1) is 32.8. The maximum Gasteiger partial charge on any atom is 0.335 e. The number of halogens is 3. The Bertz CT molecular complexity index is 2270. The number of aromatic nitrogens is 6. The first-order valence-corrected chi connectivity index (χ1v) is 15.9. The average molecular weight is 700 g/mol. The van der Waals surface area contributed by atoms with Crippen molar-refractivity contribution in [2.45, 2.75) is 32.1 Å². The molecule has 2 N–H and O–H groups in total. The molecule has 1 amide bonds. The molecule has 7 rings (SSSR count). The molecule has 254 valence electrons. The predicted octanol–water partition coefficient (Wildman–Crippen LogP) is 6.07. The molecule has 0 bridgehead atoms. The van der Waals surface area contributed by atoms with Crippen LogP contribution in [-0.2, 0) is 31.4 Å². The van der Waals surface area contributed by atoms with Crippen LogP contribution < -0.4 is 10.1 Å². The number of carbonyl (C=O) groups excluding carboxylic acids is 1. The number of ether oxygens (including phenoxy) is 2. The van der Waals surface area contributed by atoms with Gasteiger partial charge in [-0.1, -0.05) is 17.7 Å². The molecule has 50 heavy (non-hydrogen) atoms. The van der Waals surface area contributed by atoms with Gasteiger partial charge in [-0.15, -0.1) is 0 Å². The van der Waals surface area contributed by atoms with E-state index in [4.69, 9.17) is 21.1 Å². The van der Waals surface area contributed by atoms with Crippen LogP contribution in [0.3, 0.4) is 0 Å². The molecule has 12 nitrogen and oxygen atoms in total. The Morgan fingerprint density at radius 2 is 1.92 bits per heavy atom. The SMILES string of the molecule is Cn1nccc1NC(=O)c1cc(Cl)c(COc2cccc(-c3cc(F)c(Cc4nc5ccc(C(=O)O)cc5n4C[C@@H]4CCO4)cc3F)n2)cn1. The second kappa shape index (κ2) is 13.6. The molecule has 1 aliphatic rings. The van der Waals surface area contributed by atoms with Gasteiger partial charge in [0, 0.05) is 49.5 Å². The van der Waals surface area contributed by atoms with Gasteiger partial charge in [-0.2, -0.15) is 5.10 Å². The Labute approximate surface area is 288 Å². The molecule has 15 heteroatoms. The van der Waals surface area contributed by atoms with E-state index >= 15 is 8.78 Å². The van der Waals surface area contributed by atoms with E-state index in [2.05, 4.69) is 25.4 Å². The molecular formula is C35H28ClF2N7O5. The van der Waals surface area contributed by atoms with E-state index < -0.39 is 23.5 Å². The van der Waals surface area contributed by atoms with Crippen molar-refractivity contribution < 1.29 is 33.0 Å². The molecule has 0 aliphatic carbocycles. The number of hydrogen-bond donors (Lipinski definition) is 2. The zero-order valence-corrected chi connectivity index (χ0v) is 27.2. The third-order valence-electron chi connectivity index (χ3n) is 8.34. The lowest BCUT2D eigenvalue weighted by Crippen LogP contribution is -2.31. The smallest absolute Gasteiger partial charge is 0.335 e. The number of benzene rings is 2. The first-order valence-electron chi connectivity index (χ1n) is 15.5. The first-order chi connectivity index (χ1) is 24.1. The zero-order valence-electron chi connectivity index (χ0n) is 26.4. The van der Waals surface area contributed by atoms with E-state index in [0.29, 0.717) is 41.4 Å². The molecule has 4 aromatic heterocycles. The fourth-order valence-electron chi connectivity index (χ4n) is 5.53. The standard InChI is InChI=1S/C35H28ClF2N7O5/c1-44-31(7-9-40-44)43-34(46)29-15-24(36)21(16-39-29)18-50-33-4-2-3-27(42-33)23-14-25(37)20(11-26(23)38)13-32-41-28-6-5-19(35(47)48)12-30(28)45(32)17-22-8-10-49-22/h2-7,9,11-12,14-16,22H,8,10,13,17-18H2,1H3,(H,43,46)(H,47,48)/t22-/m0/s1. The summed E-state index contributed by atoms with van der Waals surface area (Å²) in [7, 11) is 1.69. The summed E-state index contributed by atoms with van der Waals surface area (Å²) in [4.78, 5) is 37.4. The minimum atomic E-state index is -1.08. The summed E-state index contributed by atoms with van der Waals surface area (Å²) in [6.07, 6.45) is 3.67. The predicted molar refractivity (Wildman–Crippen MR) is 178 cm³/mol. The highest BCUT2D eigenvalue weighted by Crippen LogP contribution is 2.29. The third kappa shape index (κ3) is 6.75. The van der Waals surface area contributed by atoms with E-state index in [1.165, 1.54) is 35.1 Å². The van der Waals surface area contributed by atoms with Crippen molar-refractivity contribution in [3.05, 3.63) is 118 Å². The van der Waals surface area contributed by atoms with Gasteiger partial charge in [0.15, 0.2) is 0 Å². The molecule has 1 atom stereocenters. The van der Waals surface area contributed by atoms with Crippen molar-refractivity contribution in [1.29, 1.82) is 0 Å². The van der Waals surface area contributed by atoms with Gasteiger partial charge in [-0.25, -0.2) is 23.5 Å². The quantitative estimate of drug-likeness (QED) is 0.165. The Balaban J connectivity index is 1.07. The minimum absolute atomic E-state index is 0.0397. The highest BCUT2D eigenvalue weighted by Gasteiger charge is 2.24. The van der Waals surface area contributed by atoms with Crippen LogP contribution in [0.5, 0.6) is 5.88 Å². The monoisotopic (exact) mass is 699 g/mol. The molecule has 0 radical (unpaired) electrons. The van der Waals surface area contributed by atoms with E-state index in [-0.39, 0.29) is 58.1 Å². The van der Waals surface area contributed by atoms with Crippen molar-refractivity contribution in [2.75, 3.05) is 11.9 Å². The number of amides is 1. The third-order valence-corrected chi connectivity index (χ3v) is 8.69. The van der Waals surface area contributed by atoms with Gasteiger partial charge in [0.1, 0.15) is 35.6 Å². The molecule has 1 aliphatic heterocycles. The number of imidazole rings is 1. The van der Waals surface area contributed by atoms with E-state index in [0.717, 1.165) is 18.6 Å². The summed E-state index contributed by atoms with van der Waals surface area (Å²) < 4.78 is 45.9. The number of fused-ring (bicyclic) bond motifs is 1. The van der Waals surface area contributed by atoms with Crippen LogP contribution in [0.15, 0.2) is 73.1 Å². The lowest BCUT2D eigenvalue weighted by molar-refractivity contribution is -0.0589.